The van der Waals surface area contributed by atoms with Crippen LogP contribution in [0, 0.1) is 0 Å². The summed E-state index contributed by atoms with van der Waals surface area (Å²) in [4.78, 5) is 0. The van der Waals surface area contributed by atoms with Gasteiger partial charge in [-0.2, -0.15) is 0 Å². The number of hydrogen-bond donors (Lipinski definition) is 6. The molecule has 2 aliphatic heterocycles. The van der Waals surface area contributed by atoms with E-state index in [1.807, 2.05) is 0 Å². The standard InChI is InChI=1S/C10H18O9/c11-3-1-18-10(8(15)5(3)12)19-4-2-17-9(16)7(14)6(4)13/h3-16H,1-2H2/t3-,4-,5+,6+,7-,8-,9-,10+/m1/s1. The quantitative estimate of drug-likeness (QED) is 0.297. The summed E-state index contributed by atoms with van der Waals surface area (Å²) in [5.41, 5.74) is 0. The van der Waals surface area contributed by atoms with Gasteiger partial charge in [0.25, 0.3) is 0 Å². The van der Waals surface area contributed by atoms with E-state index in [0.717, 1.165) is 0 Å². The number of ether oxygens (including phenoxy) is 3. The molecule has 0 aromatic rings. The minimum atomic E-state index is -1.55. The first-order chi connectivity index (χ1) is 8.91. The Hall–Kier alpha value is -0.360. The molecule has 9 nitrogen and oxygen atoms in total. The fourth-order valence-electron chi connectivity index (χ4n) is 1.97. The molecule has 6 N–H and O–H groups in total. The van der Waals surface area contributed by atoms with Crippen molar-refractivity contribution < 1.29 is 44.8 Å². The van der Waals surface area contributed by atoms with Crippen LogP contribution in [0.4, 0.5) is 0 Å². The van der Waals surface area contributed by atoms with Gasteiger partial charge in [-0.25, -0.2) is 0 Å². The lowest BCUT2D eigenvalue weighted by molar-refractivity contribution is -0.323. The van der Waals surface area contributed by atoms with Gasteiger partial charge in [-0.15, -0.1) is 0 Å². The molecule has 2 heterocycles. The molecule has 0 aliphatic carbocycles. The van der Waals surface area contributed by atoms with Crippen molar-refractivity contribution in [2.24, 2.45) is 0 Å². The SMILES string of the molecule is O[C@@H]1[C@@H](O)[C@H](O[C@@H]2CO[C@@H](O)[C@H](O)[C@H]2O)OC[C@H]1O. The van der Waals surface area contributed by atoms with Crippen molar-refractivity contribution in [3.63, 3.8) is 0 Å². The maximum absolute atomic E-state index is 9.68. The number of rotatable bonds is 2. The van der Waals surface area contributed by atoms with Crippen molar-refractivity contribution in [1.29, 1.82) is 0 Å². The summed E-state index contributed by atoms with van der Waals surface area (Å²) in [7, 11) is 0. The fourth-order valence-corrected chi connectivity index (χ4v) is 1.97. The molecular weight excluding hydrogens is 264 g/mol. The summed E-state index contributed by atoms with van der Waals surface area (Å²) >= 11 is 0. The van der Waals surface area contributed by atoms with Crippen LogP contribution in [0.2, 0.25) is 0 Å². The third kappa shape index (κ3) is 3.05. The molecule has 2 rings (SSSR count). The summed E-state index contributed by atoms with van der Waals surface area (Å²) in [6, 6.07) is 0. The van der Waals surface area contributed by atoms with Gasteiger partial charge in [0.05, 0.1) is 13.2 Å². The molecule has 0 radical (unpaired) electrons. The van der Waals surface area contributed by atoms with Crippen molar-refractivity contribution in [1.82, 2.24) is 0 Å². The van der Waals surface area contributed by atoms with Gasteiger partial charge in [0.1, 0.15) is 36.6 Å². The van der Waals surface area contributed by atoms with E-state index in [0.29, 0.717) is 0 Å². The van der Waals surface area contributed by atoms with Crippen molar-refractivity contribution >= 4 is 0 Å². The Morgan fingerprint density at radius 3 is 2.11 bits per heavy atom. The highest BCUT2D eigenvalue weighted by Crippen LogP contribution is 2.22. The number of aliphatic hydroxyl groups is 6. The van der Waals surface area contributed by atoms with Gasteiger partial charge >= 0.3 is 0 Å². The van der Waals surface area contributed by atoms with E-state index in [4.69, 9.17) is 19.3 Å². The molecule has 0 saturated carbocycles. The van der Waals surface area contributed by atoms with Gasteiger partial charge in [-0.05, 0) is 0 Å². The Morgan fingerprint density at radius 2 is 1.42 bits per heavy atom. The number of aliphatic hydroxyl groups excluding tert-OH is 6. The molecule has 2 aliphatic rings. The van der Waals surface area contributed by atoms with E-state index in [2.05, 4.69) is 0 Å². The minimum absolute atomic E-state index is 0.218. The number of hydrogen-bond acceptors (Lipinski definition) is 9. The molecule has 0 aromatic heterocycles. The highest BCUT2D eigenvalue weighted by atomic mass is 16.7. The van der Waals surface area contributed by atoms with Gasteiger partial charge in [0, 0.05) is 0 Å². The molecule has 0 amide bonds. The first kappa shape index (κ1) is 15.0. The van der Waals surface area contributed by atoms with E-state index < -0.39 is 49.2 Å². The topological polar surface area (TPSA) is 149 Å². The summed E-state index contributed by atoms with van der Waals surface area (Å²) in [6.45, 7) is -0.456. The zero-order valence-corrected chi connectivity index (χ0v) is 9.94. The van der Waals surface area contributed by atoms with E-state index in [1.165, 1.54) is 0 Å². The van der Waals surface area contributed by atoms with Crippen molar-refractivity contribution in [2.75, 3.05) is 13.2 Å². The Morgan fingerprint density at radius 1 is 0.737 bits per heavy atom. The predicted molar refractivity (Wildman–Crippen MR) is 56.6 cm³/mol. The molecule has 9 heteroatoms. The van der Waals surface area contributed by atoms with E-state index in [1.54, 1.807) is 0 Å². The molecule has 112 valence electrons. The predicted octanol–water partition coefficient (Wildman–Crippen LogP) is -4.12. The zero-order valence-electron chi connectivity index (χ0n) is 9.94. The molecule has 0 aromatic carbocycles. The smallest absolute Gasteiger partial charge is 0.186 e. The Labute approximate surface area is 108 Å². The van der Waals surface area contributed by atoms with Crippen LogP contribution in [-0.4, -0.2) is 93.1 Å². The van der Waals surface area contributed by atoms with Crippen molar-refractivity contribution in [3.8, 4) is 0 Å². The van der Waals surface area contributed by atoms with E-state index in [-0.39, 0.29) is 13.2 Å². The van der Waals surface area contributed by atoms with Gasteiger partial charge < -0.3 is 44.8 Å². The monoisotopic (exact) mass is 282 g/mol. The molecule has 8 atom stereocenters. The highest BCUT2D eigenvalue weighted by Gasteiger charge is 2.44. The van der Waals surface area contributed by atoms with Gasteiger partial charge in [0.15, 0.2) is 12.6 Å². The van der Waals surface area contributed by atoms with Crippen LogP contribution >= 0.6 is 0 Å². The van der Waals surface area contributed by atoms with Crippen LogP contribution in [-0.2, 0) is 14.2 Å². The highest BCUT2D eigenvalue weighted by molar-refractivity contribution is 4.87. The third-order valence-electron chi connectivity index (χ3n) is 3.22. The normalized spacial score (nSPS) is 52.1. The van der Waals surface area contributed by atoms with Crippen molar-refractivity contribution in [2.45, 2.75) is 49.2 Å². The summed E-state index contributed by atoms with van der Waals surface area (Å²) in [5, 5.41) is 56.6. The van der Waals surface area contributed by atoms with E-state index >= 15 is 0 Å². The molecule has 0 unspecified atom stereocenters. The largest absolute Gasteiger partial charge is 0.388 e. The van der Waals surface area contributed by atoms with E-state index in [9.17, 15) is 25.5 Å². The molecule has 19 heavy (non-hydrogen) atoms. The maximum atomic E-state index is 9.68. The Balaban J connectivity index is 1.94. The van der Waals surface area contributed by atoms with Gasteiger partial charge in [-0.1, -0.05) is 0 Å². The van der Waals surface area contributed by atoms with Crippen LogP contribution < -0.4 is 0 Å². The molecule has 0 spiro atoms. The minimum Gasteiger partial charge on any atom is -0.388 e. The third-order valence-corrected chi connectivity index (χ3v) is 3.22. The van der Waals surface area contributed by atoms with Crippen LogP contribution in [0.1, 0.15) is 0 Å². The Kier molecular flexibility index (Phi) is 4.71. The lowest BCUT2D eigenvalue weighted by Crippen LogP contribution is -2.59. The Bertz CT molecular complexity index is 273. The summed E-state index contributed by atoms with van der Waals surface area (Å²) < 4.78 is 15.0. The second kappa shape index (κ2) is 5.95. The maximum Gasteiger partial charge on any atom is 0.186 e. The lowest BCUT2D eigenvalue weighted by atomic mass is 10.0. The van der Waals surface area contributed by atoms with Crippen LogP contribution in [0.3, 0.4) is 0 Å². The first-order valence-corrected chi connectivity index (χ1v) is 5.89. The molecular formula is C10H18O9. The van der Waals surface area contributed by atoms with Crippen LogP contribution in [0.25, 0.3) is 0 Å². The van der Waals surface area contributed by atoms with Gasteiger partial charge in [0.2, 0.25) is 0 Å². The second-order valence-electron chi connectivity index (χ2n) is 4.63. The van der Waals surface area contributed by atoms with Gasteiger partial charge in [-0.3, -0.25) is 0 Å². The zero-order chi connectivity index (χ0) is 14.2. The first-order valence-electron chi connectivity index (χ1n) is 5.89. The van der Waals surface area contributed by atoms with Crippen molar-refractivity contribution in [3.05, 3.63) is 0 Å². The molecule has 2 fully saturated rings. The molecule has 2 saturated heterocycles. The van der Waals surface area contributed by atoms with Crippen LogP contribution in [0.15, 0.2) is 0 Å². The summed E-state index contributed by atoms with van der Waals surface area (Å²) in [6.07, 6.45) is -11.0. The molecule has 0 bridgehead atoms. The fraction of sp³-hybridized carbons (Fsp3) is 1.00. The lowest BCUT2D eigenvalue weighted by Gasteiger charge is -2.40. The average Bonchev–Trinajstić information content (AvgIpc) is 2.39. The second-order valence-corrected chi connectivity index (χ2v) is 4.63. The summed E-state index contributed by atoms with van der Waals surface area (Å²) in [5.74, 6) is 0. The van der Waals surface area contributed by atoms with Crippen LogP contribution in [0.5, 0.6) is 0 Å². The average molecular weight is 282 g/mol.